The maximum Gasteiger partial charge on any atom is 0.335 e. The molecule has 0 bridgehead atoms. The largest absolute Gasteiger partial charge is 0.478 e. The molecular formula is C14H13NO3. The van der Waals surface area contributed by atoms with E-state index in [9.17, 15) is 9.59 Å². The van der Waals surface area contributed by atoms with Gasteiger partial charge in [-0.15, -0.1) is 0 Å². The lowest BCUT2D eigenvalue weighted by Gasteiger charge is -2.15. The standard InChI is InChI=1S/C14H13NO3/c16-13-9-3-1-2-4-11(9)15-12-6-5-8(14(17)18)7-10(12)13/h5-7H,1-4H2,(H,15,16)(H,17,18). The van der Waals surface area contributed by atoms with Crippen LogP contribution in [0.2, 0.25) is 0 Å². The summed E-state index contributed by atoms with van der Waals surface area (Å²) in [6.07, 6.45) is 3.82. The normalized spacial score (nSPS) is 14.4. The van der Waals surface area contributed by atoms with E-state index < -0.39 is 5.97 Å². The Morgan fingerprint density at radius 3 is 2.78 bits per heavy atom. The topological polar surface area (TPSA) is 70.2 Å². The van der Waals surface area contributed by atoms with Crippen molar-refractivity contribution in [2.24, 2.45) is 0 Å². The van der Waals surface area contributed by atoms with Gasteiger partial charge in [0, 0.05) is 22.2 Å². The predicted molar refractivity (Wildman–Crippen MR) is 68.2 cm³/mol. The molecule has 3 rings (SSSR count). The molecular weight excluding hydrogens is 230 g/mol. The summed E-state index contributed by atoms with van der Waals surface area (Å²) in [6, 6.07) is 4.66. The van der Waals surface area contributed by atoms with E-state index in [1.165, 1.54) is 12.1 Å². The zero-order chi connectivity index (χ0) is 12.7. The fourth-order valence-electron chi connectivity index (χ4n) is 2.59. The summed E-state index contributed by atoms with van der Waals surface area (Å²) in [4.78, 5) is 26.5. The third-order valence-electron chi connectivity index (χ3n) is 3.54. The highest BCUT2D eigenvalue weighted by atomic mass is 16.4. The van der Waals surface area contributed by atoms with Crippen molar-refractivity contribution in [3.63, 3.8) is 0 Å². The van der Waals surface area contributed by atoms with Gasteiger partial charge in [-0.3, -0.25) is 4.79 Å². The van der Waals surface area contributed by atoms with Crippen LogP contribution in [0.5, 0.6) is 0 Å². The Morgan fingerprint density at radius 2 is 2.00 bits per heavy atom. The summed E-state index contributed by atoms with van der Waals surface area (Å²) in [5.41, 5.74) is 2.72. The Bertz CT molecular complexity index is 700. The van der Waals surface area contributed by atoms with E-state index in [4.69, 9.17) is 5.11 Å². The number of aromatic nitrogens is 1. The fourth-order valence-corrected chi connectivity index (χ4v) is 2.59. The van der Waals surface area contributed by atoms with Crippen molar-refractivity contribution in [1.29, 1.82) is 0 Å². The summed E-state index contributed by atoms with van der Waals surface area (Å²) >= 11 is 0. The second-order valence-electron chi connectivity index (χ2n) is 4.68. The van der Waals surface area contributed by atoms with E-state index in [-0.39, 0.29) is 11.0 Å². The molecule has 1 aromatic carbocycles. The molecule has 4 heteroatoms. The quantitative estimate of drug-likeness (QED) is 0.805. The summed E-state index contributed by atoms with van der Waals surface area (Å²) in [5.74, 6) is -1.01. The highest BCUT2D eigenvalue weighted by molar-refractivity contribution is 5.93. The number of hydrogen-bond acceptors (Lipinski definition) is 2. The molecule has 1 aliphatic rings. The molecule has 1 heterocycles. The number of H-pyrrole nitrogens is 1. The highest BCUT2D eigenvalue weighted by Crippen LogP contribution is 2.20. The van der Waals surface area contributed by atoms with Crippen molar-refractivity contribution < 1.29 is 9.90 Å². The number of hydrogen-bond donors (Lipinski definition) is 2. The number of aromatic carboxylic acids is 1. The van der Waals surface area contributed by atoms with Gasteiger partial charge in [-0.05, 0) is 43.9 Å². The first-order valence-corrected chi connectivity index (χ1v) is 6.08. The molecule has 0 amide bonds. The third kappa shape index (κ3) is 1.61. The Morgan fingerprint density at radius 1 is 1.22 bits per heavy atom. The zero-order valence-corrected chi connectivity index (χ0v) is 9.82. The first kappa shape index (κ1) is 11.0. The summed E-state index contributed by atoms with van der Waals surface area (Å²) in [7, 11) is 0. The van der Waals surface area contributed by atoms with Gasteiger partial charge in [-0.25, -0.2) is 4.79 Å². The van der Waals surface area contributed by atoms with Crippen LogP contribution in [0.3, 0.4) is 0 Å². The molecule has 0 atom stereocenters. The van der Waals surface area contributed by atoms with E-state index in [0.717, 1.165) is 42.5 Å². The number of carbonyl (C=O) groups is 1. The van der Waals surface area contributed by atoms with Gasteiger partial charge in [-0.1, -0.05) is 0 Å². The lowest BCUT2D eigenvalue weighted by atomic mass is 9.94. The van der Waals surface area contributed by atoms with E-state index in [1.54, 1.807) is 6.07 Å². The summed E-state index contributed by atoms with van der Waals surface area (Å²) in [5, 5.41) is 9.44. The molecule has 0 aliphatic heterocycles. The smallest absolute Gasteiger partial charge is 0.335 e. The van der Waals surface area contributed by atoms with Crippen molar-refractivity contribution in [1.82, 2.24) is 4.98 Å². The molecule has 0 fully saturated rings. The van der Waals surface area contributed by atoms with E-state index in [0.29, 0.717) is 5.39 Å². The van der Waals surface area contributed by atoms with Crippen molar-refractivity contribution in [3.05, 3.63) is 45.2 Å². The lowest BCUT2D eigenvalue weighted by molar-refractivity contribution is 0.0697. The molecule has 92 valence electrons. The number of aryl methyl sites for hydroxylation is 1. The number of carboxylic acids is 1. The Kier molecular flexibility index (Phi) is 2.44. The zero-order valence-electron chi connectivity index (χ0n) is 9.82. The molecule has 2 N–H and O–H groups in total. The Hall–Kier alpha value is -2.10. The molecule has 0 saturated heterocycles. The SMILES string of the molecule is O=C(O)c1ccc2[nH]c3c(c(=O)c2c1)CCCC3. The van der Waals surface area contributed by atoms with Gasteiger partial charge in [0.2, 0.25) is 0 Å². The Labute approximate surface area is 103 Å². The molecule has 0 unspecified atom stereocenters. The molecule has 0 spiro atoms. The van der Waals surface area contributed by atoms with Crippen LogP contribution in [0, 0.1) is 0 Å². The minimum absolute atomic E-state index is 0.0125. The van der Waals surface area contributed by atoms with Crippen LogP contribution in [-0.4, -0.2) is 16.1 Å². The molecule has 18 heavy (non-hydrogen) atoms. The third-order valence-corrected chi connectivity index (χ3v) is 3.54. The van der Waals surface area contributed by atoms with Gasteiger partial charge >= 0.3 is 5.97 Å². The average molecular weight is 243 g/mol. The monoisotopic (exact) mass is 243 g/mol. The first-order valence-electron chi connectivity index (χ1n) is 6.08. The van der Waals surface area contributed by atoms with Crippen molar-refractivity contribution >= 4 is 16.9 Å². The van der Waals surface area contributed by atoms with Gasteiger partial charge in [0.05, 0.1) is 5.56 Å². The number of fused-ring (bicyclic) bond motifs is 2. The maximum atomic E-state index is 12.3. The van der Waals surface area contributed by atoms with Crippen LogP contribution in [0.1, 0.15) is 34.5 Å². The first-order chi connectivity index (χ1) is 8.66. The average Bonchev–Trinajstić information content (AvgIpc) is 2.38. The van der Waals surface area contributed by atoms with E-state index in [2.05, 4.69) is 4.98 Å². The molecule has 0 saturated carbocycles. The minimum Gasteiger partial charge on any atom is -0.478 e. The second-order valence-corrected chi connectivity index (χ2v) is 4.68. The number of aromatic amines is 1. The van der Waals surface area contributed by atoms with Crippen LogP contribution in [0.15, 0.2) is 23.0 Å². The molecule has 2 aromatic rings. The van der Waals surface area contributed by atoms with Crippen molar-refractivity contribution in [2.75, 3.05) is 0 Å². The highest BCUT2D eigenvalue weighted by Gasteiger charge is 2.16. The van der Waals surface area contributed by atoms with Gasteiger partial charge in [0.25, 0.3) is 0 Å². The lowest BCUT2D eigenvalue weighted by Crippen LogP contribution is -2.18. The predicted octanol–water partition coefficient (Wildman–Crippen LogP) is 2.11. The molecule has 0 radical (unpaired) electrons. The molecule has 1 aliphatic carbocycles. The molecule has 1 aromatic heterocycles. The van der Waals surface area contributed by atoms with Crippen LogP contribution < -0.4 is 5.43 Å². The van der Waals surface area contributed by atoms with Gasteiger partial charge in [-0.2, -0.15) is 0 Å². The maximum absolute atomic E-state index is 12.3. The van der Waals surface area contributed by atoms with E-state index >= 15 is 0 Å². The van der Waals surface area contributed by atoms with E-state index in [1.807, 2.05) is 0 Å². The number of carboxylic acid groups (broad SMARTS) is 1. The van der Waals surface area contributed by atoms with Gasteiger partial charge in [0.15, 0.2) is 5.43 Å². The Balaban J connectivity index is 2.33. The van der Waals surface area contributed by atoms with Gasteiger partial charge < -0.3 is 10.1 Å². The minimum atomic E-state index is -1.01. The van der Waals surface area contributed by atoms with Crippen LogP contribution in [0.4, 0.5) is 0 Å². The number of benzene rings is 1. The summed E-state index contributed by atoms with van der Waals surface area (Å²) in [6.45, 7) is 0. The second kappa shape index (κ2) is 3.98. The van der Waals surface area contributed by atoms with Crippen LogP contribution in [0.25, 0.3) is 10.9 Å². The number of nitrogens with one attached hydrogen (secondary N) is 1. The number of pyridine rings is 1. The molecule has 4 nitrogen and oxygen atoms in total. The summed E-state index contributed by atoms with van der Waals surface area (Å²) < 4.78 is 0. The van der Waals surface area contributed by atoms with Crippen molar-refractivity contribution in [2.45, 2.75) is 25.7 Å². The van der Waals surface area contributed by atoms with Crippen LogP contribution in [-0.2, 0) is 12.8 Å². The van der Waals surface area contributed by atoms with Crippen molar-refractivity contribution in [3.8, 4) is 0 Å². The van der Waals surface area contributed by atoms with Crippen LogP contribution >= 0.6 is 0 Å². The fraction of sp³-hybridized carbons (Fsp3) is 0.286. The van der Waals surface area contributed by atoms with Gasteiger partial charge in [0.1, 0.15) is 0 Å². The number of rotatable bonds is 1.